The van der Waals surface area contributed by atoms with Crippen LogP contribution in [0.15, 0.2) is 22.8 Å². The predicted octanol–water partition coefficient (Wildman–Crippen LogP) is 4.44. The zero-order valence-electron chi connectivity index (χ0n) is 13.0. The quantitative estimate of drug-likeness (QED) is 0.599. The lowest BCUT2D eigenvalue weighted by Crippen LogP contribution is -2.32. The number of rotatable bonds is 0. The van der Waals surface area contributed by atoms with Gasteiger partial charge in [-0.15, -0.1) is 5.92 Å². The second-order valence-electron chi connectivity index (χ2n) is 7.23. The van der Waals surface area contributed by atoms with Crippen molar-refractivity contribution >= 4 is 5.78 Å². The van der Waals surface area contributed by atoms with Crippen LogP contribution in [0.4, 0.5) is 0 Å². The minimum Gasteiger partial charge on any atom is -0.295 e. The van der Waals surface area contributed by atoms with E-state index in [9.17, 15) is 4.79 Å². The number of hydrogen-bond donors (Lipinski definition) is 0. The van der Waals surface area contributed by atoms with Crippen molar-refractivity contribution in [3.05, 3.63) is 22.8 Å². The Bertz CT molecular complexity index is 595. The Morgan fingerprint density at radius 2 is 1.90 bits per heavy atom. The Labute approximate surface area is 127 Å². The number of carbonyl (C=O) groups is 1. The fraction of sp³-hybridized carbons (Fsp3) is 0.650. The summed E-state index contributed by atoms with van der Waals surface area (Å²) in [6.45, 7) is 1.99. The first-order valence-corrected chi connectivity index (χ1v) is 8.66. The highest BCUT2D eigenvalue weighted by atomic mass is 16.1. The highest BCUT2D eigenvalue weighted by Crippen LogP contribution is 2.55. The number of hydrogen-bond acceptors (Lipinski definition) is 1. The lowest BCUT2D eigenvalue weighted by atomic mass is 9.62. The van der Waals surface area contributed by atoms with Crippen molar-refractivity contribution in [3.63, 3.8) is 0 Å². The molecular formula is C20H24O. The van der Waals surface area contributed by atoms with Crippen LogP contribution in [0.5, 0.6) is 0 Å². The molecular weight excluding hydrogens is 256 g/mol. The summed E-state index contributed by atoms with van der Waals surface area (Å²) in [6.07, 6.45) is 11.4. The van der Waals surface area contributed by atoms with E-state index < -0.39 is 0 Å². The zero-order valence-corrected chi connectivity index (χ0v) is 13.0. The van der Waals surface area contributed by atoms with Crippen molar-refractivity contribution in [1.29, 1.82) is 0 Å². The zero-order chi connectivity index (χ0) is 14.4. The van der Waals surface area contributed by atoms with Crippen LogP contribution in [0.1, 0.15) is 58.3 Å². The van der Waals surface area contributed by atoms with E-state index in [0.717, 1.165) is 37.0 Å². The van der Waals surface area contributed by atoms with Gasteiger partial charge in [-0.2, -0.15) is 0 Å². The minimum atomic E-state index is 0.348. The van der Waals surface area contributed by atoms with Crippen LogP contribution in [-0.4, -0.2) is 5.78 Å². The SMILES string of the molecule is CC#C[C@H]1CCC2C3CCC4=CC(=O)CCC4=C3CCC21. The molecule has 3 unspecified atom stereocenters. The van der Waals surface area contributed by atoms with E-state index >= 15 is 0 Å². The van der Waals surface area contributed by atoms with Gasteiger partial charge in [0.25, 0.3) is 0 Å². The second-order valence-corrected chi connectivity index (χ2v) is 7.23. The molecule has 0 amide bonds. The van der Waals surface area contributed by atoms with Gasteiger partial charge in [0.05, 0.1) is 0 Å². The molecule has 1 nitrogen and oxygen atoms in total. The van der Waals surface area contributed by atoms with Crippen molar-refractivity contribution in [3.8, 4) is 11.8 Å². The molecule has 0 radical (unpaired) electrons. The first-order valence-electron chi connectivity index (χ1n) is 8.66. The van der Waals surface area contributed by atoms with Gasteiger partial charge in [0.1, 0.15) is 0 Å². The van der Waals surface area contributed by atoms with Crippen LogP contribution in [0.3, 0.4) is 0 Å². The molecule has 0 saturated heterocycles. The van der Waals surface area contributed by atoms with Crippen LogP contribution < -0.4 is 0 Å². The Morgan fingerprint density at radius 3 is 2.76 bits per heavy atom. The van der Waals surface area contributed by atoms with E-state index in [1.807, 2.05) is 13.0 Å². The fourth-order valence-corrected chi connectivity index (χ4v) is 5.57. The topological polar surface area (TPSA) is 17.1 Å². The molecule has 4 atom stereocenters. The first-order chi connectivity index (χ1) is 10.3. The molecule has 1 heteroatoms. The Morgan fingerprint density at radius 1 is 1.00 bits per heavy atom. The number of allylic oxidation sites excluding steroid dienone is 4. The molecule has 4 rings (SSSR count). The van der Waals surface area contributed by atoms with Crippen molar-refractivity contribution in [1.82, 2.24) is 0 Å². The van der Waals surface area contributed by atoms with E-state index in [2.05, 4.69) is 11.8 Å². The average molecular weight is 280 g/mol. The molecule has 0 aromatic rings. The third-order valence-corrected chi connectivity index (χ3v) is 6.38. The van der Waals surface area contributed by atoms with E-state index in [1.165, 1.54) is 37.7 Å². The van der Waals surface area contributed by atoms with Crippen LogP contribution in [0.2, 0.25) is 0 Å². The monoisotopic (exact) mass is 280 g/mol. The Kier molecular flexibility index (Phi) is 3.29. The maximum atomic E-state index is 11.7. The molecule has 2 saturated carbocycles. The summed E-state index contributed by atoms with van der Waals surface area (Å²) in [5.74, 6) is 10.2. The van der Waals surface area contributed by atoms with Crippen molar-refractivity contribution < 1.29 is 4.79 Å². The van der Waals surface area contributed by atoms with Gasteiger partial charge in [-0.3, -0.25) is 4.79 Å². The Balaban J connectivity index is 1.66. The smallest absolute Gasteiger partial charge is 0.156 e. The van der Waals surface area contributed by atoms with Crippen LogP contribution >= 0.6 is 0 Å². The highest BCUT2D eigenvalue weighted by molar-refractivity contribution is 5.93. The summed E-state index contributed by atoms with van der Waals surface area (Å²) in [7, 11) is 0. The molecule has 0 spiro atoms. The van der Waals surface area contributed by atoms with E-state index in [4.69, 9.17) is 0 Å². The molecule has 0 N–H and O–H groups in total. The summed E-state index contributed by atoms with van der Waals surface area (Å²) in [5, 5.41) is 0. The maximum Gasteiger partial charge on any atom is 0.156 e. The van der Waals surface area contributed by atoms with E-state index in [0.29, 0.717) is 11.7 Å². The van der Waals surface area contributed by atoms with Gasteiger partial charge < -0.3 is 0 Å². The standard InChI is InChI=1S/C20H24O/c1-2-3-13-4-7-18-16(13)10-11-19-17-9-6-15(21)12-14(17)5-8-20(18)19/h12-13,16,18,20H,4-11H2,1H3/t13-,16?,18?,20?/m0/s1. The first kappa shape index (κ1) is 13.4. The maximum absolute atomic E-state index is 11.7. The molecule has 21 heavy (non-hydrogen) atoms. The summed E-state index contributed by atoms with van der Waals surface area (Å²) >= 11 is 0. The average Bonchev–Trinajstić information content (AvgIpc) is 2.90. The molecule has 110 valence electrons. The minimum absolute atomic E-state index is 0.348. The van der Waals surface area contributed by atoms with Gasteiger partial charge in [-0.05, 0) is 86.8 Å². The molecule has 0 heterocycles. The number of ketones is 1. The van der Waals surface area contributed by atoms with E-state index in [-0.39, 0.29) is 0 Å². The van der Waals surface area contributed by atoms with Gasteiger partial charge in [-0.1, -0.05) is 11.5 Å². The predicted molar refractivity (Wildman–Crippen MR) is 84.5 cm³/mol. The van der Waals surface area contributed by atoms with Crippen molar-refractivity contribution in [2.45, 2.75) is 58.3 Å². The summed E-state index contributed by atoms with van der Waals surface area (Å²) < 4.78 is 0. The lowest BCUT2D eigenvalue weighted by Gasteiger charge is -2.42. The fourth-order valence-electron chi connectivity index (χ4n) is 5.57. The summed E-state index contributed by atoms with van der Waals surface area (Å²) in [6, 6.07) is 0. The van der Waals surface area contributed by atoms with Crippen LogP contribution in [0.25, 0.3) is 0 Å². The van der Waals surface area contributed by atoms with Gasteiger partial charge >= 0.3 is 0 Å². The van der Waals surface area contributed by atoms with Gasteiger partial charge in [-0.25, -0.2) is 0 Å². The Hall–Kier alpha value is -1.29. The van der Waals surface area contributed by atoms with Crippen molar-refractivity contribution in [2.75, 3.05) is 0 Å². The van der Waals surface area contributed by atoms with Crippen LogP contribution in [-0.2, 0) is 4.79 Å². The largest absolute Gasteiger partial charge is 0.295 e. The lowest BCUT2D eigenvalue weighted by molar-refractivity contribution is -0.114. The van der Waals surface area contributed by atoms with Gasteiger partial charge in [0.2, 0.25) is 0 Å². The number of carbonyl (C=O) groups excluding carboxylic acids is 1. The molecule has 0 aliphatic heterocycles. The normalized spacial score (nSPS) is 38.0. The van der Waals surface area contributed by atoms with Gasteiger partial charge in [0.15, 0.2) is 5.78 Å². The third-order valence-electron chi connectivity index (χ3n) is 6.38. The molecule has 4 aliphatic carbocycles. The molecule has 2 fully saturated rings. The summed E-state index contributed by atoms with van der Waals surface area (Å²) in [5.41, 5.74) is 4.72. The van der Waals surface area contributed by atoms with Crippen molar-refractivity contribution in [2.24, 2.45) is 23.7 Å². The second kappa shape index (κ2) is 5.16. The third kappa shape index (κ3) is 2.11. The van der Waals surface area contributed by atoms with Gasteiger partial charge in [0, 0.05) is 12.3 Å². The number of fused-ring (bicyclic) bond motifs is 4. The van der Waals surface area contributed by atoms with Crippen LogP contribution in [0, 0.1) is 35.5 Å². The summed E-state index contributed by atoms with van der Waals surface area (Å²) in [4.78, 5) is 11.7. The highest BCUT2D eigenvalue weighted by Gasteiger charge is 2.45. The molecule has 0 aromatic carbocycles. The molecule has 0 bridgehead atoms. The molecule has 0 aromatic heterocycles. The van der Waals surface area contributed by atoms with E-state index in [1.54, 1.807) is 11.1 Å². The molecule has 4 aliphatic rings.